The standard InChI is InChI=1S/C8H20N2/c1-4-6-7(9)8(5-2)10-3/h7-8,10H,4-6,9H2,1-3H3. The van der Waals surface area contributed by atoms with E-state index in [1.807, 2.05) is 7.05 Å². The summed E-state index contributed by atoms with van der Waals surface area (Å²) in [6, 6.07) is 0.833. The Balaban J connectivity index is 3.53. The van der Waals surface area contributed by atoms with Gasteiger partial charge in [0.1, 0.15) is 0 Å². The normalized spacial score (nSPS) is 16.8. The summed E-state index contributed by atoms with van der Waals surface area (Å²) >= 11 is 0. The van der Waals surface area contributed by atoms with Gasteiger partial charge in [-0.3, -0.25) is 0 Å². The molecule has 0 aliphatic rings. The molecule has 0 saturated heterocycles. The lowest BCUT2D eigenvalue weighted by molar-refractivity contribution is 0.423. The molecule has 0 radical (unpaired) electrons. The van der Waals surface area contributed by atoms with Crippen LogP contribution in [0.3, 0.4) is 0 Å². The molecule has 0 aromatic heterocycles. The van der Waals surface area contributed by atoms with E-state index < -0.39 is 0 Å². The Morgan fingerprint density at radius 1 is 1.40 bits per heavy atom. The van der Waals surface area contributed by atoms with Crippen molar-refractivity contribution in [1.29, 1.82) is 0 Å². The second-order valence-electron chi connectivity index (χ2n) is 2.76. The maximum absolute atomic E-state index is 5.89. The molecule has 0 aromatic carbocycles. The monoisotopic (exact) mass is 144 g/mol. The number of nitrogens with one attached hydrogen (secondary N) is 1. The van der Waals surface area contributed by atoms with Crippen LogP contribution in [0.2, 0.25) is 0 Å². The number of rotatable bonds is 5. The smallest absolute Gasteiger partial charge is 0.0213 e. The molecule has 0 saturated carbocycles. The van der Waals surface area contributed by atoms with E-state index in [1.54, 1.807) is 0 Å². The molecule has 0 aromatic rings. The van der Waals surface area contributed by atoms with E-state index in [2.05, 4.69) is 19.2 Å². The van der Waals surface area contributed by atoms with Crippen LogP contribution in [0.5, 0.6) is 0 Å². The van der Waals surface area contributed by atoms with E-state index >= 15 is 0 Å². The molecule has 2 unspecified atom stereocenters. The van der Waals surface area contributed by atoms with Crippen LogP contribution in [0.1, 0.15) is 33.1 Å². The summed E-state index contributed by atoms with van der Waals surface area (Å²) in [6.07, 6.45) is 3.43. The molecule has 2 nitrogen and oxygen atoms in total. The van der Waals surface area contributed by atoms with Crippen LogP contribution < -0.4 is 11.1 Å². The van der Waals surface area contributed by atoms with Crippen LogP contribution in [0.4, 0.5) is 0 Å². The van der Waals surface area contributed by atoms with E-state index in [1.165, 1.54) is 6.42 Å². The number of nitrogens with two attached hydrogens (primary N) is 1. The van der Waals surface area contributed by atoms with Crippen molar-refractivity contribution >= 4 is 0 Å². The summed E-state index contributed by atoms with van der Waals surface area (Å²) in [5, 5.41) is 3.21. The zero-order valence-electron chi connectivity index (χ0n) is 7.35. The molecule has 0 heterocycles. The quantitative estimate of drug-likeness (QED) is 0.606. The maximum atomic E-state index is 5.89. The fourth-order valence-corrected chi connectivity index (χ4v) is 1.26. The lowest BCUT2D eigenvalue weighted by Crippen LogP contribution is -2.42. The zero-order chi connectivity index (χ0) is 7.98. The molecule has 0 rings (SSSR count). The predicted octanol–water partition coefficient (Wildman–Crippen LogP) is 1.11. The first kappa shape index (κ1) is 9.92. The molecular weight excluding hydrogens is 124 g/mol. The van der Waals surface area contributed by atoms with Gasteiger partial charge in [-0.15, -0.1) is 0 Å². The molecule has 10 heavy (non-hydrogen) atoms. The highest BCUT2D eigenvalue weighted by molar-refractivity contribution is 4.75. The van der Waals surface area contributed by atoms with Crippen molar-refractivity contribution in [1.82, 2.24) is 5.32 Å². The molecule has 0 aliphatic heterocycles. The molecule has 0 amide bonds. The number of hydrogen-bond acceptors (Lipinski definition) is 2. The van der Waals surface area contributed by atoms with Gasteiger partial charge < -0.3 is 11.1 Å². The summed E-state index contributed by atoms with van der Waals surface area (Å²) in [6.45, 7) is 4.33. The molecule has 2 heteroatoms. The fourth-order valence-electron chi connectivity index (χ4n) is 1.26. The third-order valence-corrected chi connectivity index (χ3v) is 1.95. The van der Waals surface area contributed by atoms with Gasteiger partial charge in [0, 0.05) is 12.1 Å². The van der Waals surface area contributed by atoms with Gasteiger partial charge in [-0.25, -0.2) is 0 Å². The first-order chi connectivity index (χ1) is 4.76. The minimum atomic E-state index is 0.333. The van der Waals surface area contributed by atoms with Crippen molar-refractivity contribution < 1.29 is 0 Å². The van der Waals surface area contributed by atoms with E-state index in [0.29, 0.717) is 12.1 Å². The minimum absolute atomic E-state index is 0.333. The Morgan fingerprint density at radius 3 is 2.30 bits per heavy atom. The highest BCUT2D eigenvalue weighted by Crippen LogP contribution is 2.01. The van der Waals surface area contributed by atoms with Crippen LogP contribution in [-0.4, -0.2) is 19.1 Å². The third kappa shape index (κ3) is 3.18. The summed E-state index contributed by atoms with van der Waals surface area (Å²) in [5.41, 5.74) is 5.89. The Hall–Kier alpha value is -0.0800. The Morgan fingerprint density at radius 2 is 2.00 bits per heavy atom. The molecule has 3 N–H and O–H groups in total. The molecule has 0 bridgehead atoms. The maximum Gasteiger partial charge on any atom is 0.0213 e. The molecule has 2 atom stereocenters. The average molecular weight is 144 g/mol. The average Bonchev–Trinajstić information content (AvgIpc) is 1.91. The largest absolute Gasteiger partial charge is 0.326 e. The Bertz CT molecular complexity index is 69.7. The van der Waals surface area contributed by atoms with Crippen LogP contribution >= 0.6 is 0 Å². The number of hydrogen-bond donors (Lipinski definition) is 2. The minimum Gasteiger partial charge on any atom is -0.326 e. The Kier molecular flexibility index (Phi) is 5.64. The van der Waals surface area contributed by atoms with Crippen molar-refractivity contribution in [2.75, 3.05) is 7.05 Å². The van der Waals surface area contributed by atoms with Gasteiger partial charge in [-0.1, -0.05) is 20.3 Å². The van der Waals surface area contributed by atoms with Gasteiger partial charge in [-0.05, 0) is 19.9 Å². The molecule has 0 fully saturated rings. The summed E-state index contributed by atoms with van der Waals surface area (Å²) in [7, 11) is 1.98. The van der Waals surface area contributed by atoms with E-state index in [4.69, 9.17) is 5.73 Å². The van der Waals surface area contributed by atoms with E-state index in [9.17, 15) is 0 Å². The topological polar surface area (TPSA) is 38.0 Å². The fraction of sp³-hybridized carbons (Fsp3) is 1.00. The van der Waals surface area contributed by atoms with Gasteiger partial charge in [0.15, 0.2) is 0 Å². The molecule has 0 spiro atoms. The SMILES string of the molecule is CCCC(N)C(CC)NC. The number of likely N-dealkylation sites (N-methyl/N-ethyl adjacent to an activating group) is 1. The lowest BCUT2D eigenvalue weighted by atomic mass is 10.0. The summed E-state index contributed by atoms with van der Waals surface area (Å²) < 4.78 is 0. The molecular formula is C8H20N2. The van der Waals surface area contributed by atoms with Crippen molar-refractivity contribution in [3.63, 3.8) is 0 Å². The predicted molar refractivity (Wildman–Crippen MR) is 46.0 cm³/mol. The van der Waals surface area contributed by atoms with Crippen molar-refractivity contribution in [3.8, 4) is 0 Å². The van der Waals surface area contributed by atoms with Crippen molar-refractivity contribution in [2.24, 2.45) is 5.73 Å². The first-order valence-corrected chi connectivity index (χ1v) is 4.19. The Labute approximate surface area is 64.2 Å². The lowest BCUT2D eigenvalue weighted by Gasteiger charge is -2.21. The van der Waals surface area contributed by atoms with Crippen LogP contribution in [0.25, 0.3) is 0 Å². The van der Waals surface area contributed by atoms with Crippen LogP contribution in [-0.2, 0) is 0 Å². The highest BCUT2D eigenvalue weighted by Gasteiger charge is 2.11. The van der Waals surface area contributed by atoms with Gasteiger partial charge in [0.2, 0.25) is 0 Å². The highest BCUT2D eigenvalue weighted by atomic mass is 14.9. The van der Waals surface area contributed by atoms with Gasteiger partial charge >= 0.3 is 0 Å². The zero-order valence-corrected chi connectivity index (χ0v) is 7.35. The van der Waals surface area contributed by atoms with Gasteiger partial charge in [0.25, 0.3) is 0 Å². The second-order valence-corrected chi connectivity index (χ2v) is 2.76. The summed E-state index contributed by atoms with van der Waals surface area (Å²) in [5.74, 6) is 0. The summed E-state index contributed by atoms with van der Waals surface area (Å²) in [4.78, 5) is 0. The third-order valence-electron chi connectivity index (χ3n) is 1.95. The first-order valence-electron chi connectivity index (χ1n) is 4.19. The van der Waals surface area contributed by atoms with Gasteiger partial charge in [0.05, 0.1) is 0 Å². The van der Waals surface area contributed by atoms with E-state index in [-0.39, 0.29) is 0 Å². The molecule has 62 valence electrons. The van der Waals surface area contributed by atoms with E-state index in [0.717, 1.165) is 12.8 Å². The van der Waals surface area contributed by atoms with Crippen molar-refractivity contribution in [3.05, 3.63) is 0 Å². The second kappa shape index (κ2) is 5.69. The van der Waals surface area contributed by atoms with Crippen molar-refractivity contribution in [2.45, 2.75) is 45.2 Å². The van der Waals surface area contributed by atoms with Gasteiger partial charge in [-0.2, -0.15) is 0 Å². The van der Waals surface area contributed by atoms with Crippen LogP contribution in [0, 0.1) is 0 Å². The van der Waals surface area contributed by atoms with Crippen LogP contribution in [0.15, 0.2) is 0 Å². The molecule has 0 aliphatic carbocycles.